The molecule has 6 nitrogen and oxygen atoms in total. The topological polar surface area (TPSA) is 81.0 Å². The van der Waals surface area contributed by atoms with Gasteiger partial charge in [-0.05, 0) is 11.4 Å². The number of rotatable bonds is 4. The van der Waals surface area contributed by atoms with E-state index < -0.39 is 4.92 Å². The van der Waals surface area contributed by atoms with Crippen LogP contribution in [0.15, 0.2) is 33.1 Å². The van der Waals surface area contributed by atoms with Crippen molar-refractivity contribution in [3.63, 3.8) is 0 Å². The van der Waals surface area contributed by atoms with Crippen molar-refractivity contribution in [3.05, 3.63) is 34.0 Å². The number of nitrogens with one attached hydrogen (secondary N) is 1. The Hall–Kier alpha value is -1.67. The third-order valence-electron chi connectivity index (χ3n) is 1.90. The molecule has 0 amide bonds. The van der Waals surface area contributed by atoms with Gasteiger partial charge in [-0.25, -0.2) is 9.97 Å². The highest BCUT2D eigenvalue weighted by Gasteiger charge is 2.22. The van der Waals surface area contributed by atoms with Crippen LogP contribution in [0.25, 0.3) is 0 Å². The summed E-state index contributed by atoms with van der Waals surface area (Å²) in [5.74, 6) is 0.226. The van der Waals surface area contributed by atoms with Crippen LogP contribution in [0.3, 0.4) is 0 Å². The van der Waals surface area contributed by atoms with Gasteiger partial charge in [0.15, 0.2) is 5.03 Å². The largest absolute Gasteiger partial charge is 0.367 e. The fourth-order valence-corrected chi connectivity index (χ4v) is 2.95. The molecule has 17 heavy (non-hydrogen) atoms. The van der Waals surface area contributed by atoms with E-state index in [4.69, 9.17) is 0 Å². The predicted molar refractivity (Wildman–Crippen MR) is 66.7 cm³/mol. The first-order chi connectivity index (χ1) is 8.22. The van der Waals surface area contributed by atoms with E-state index in [9.17, 15) is 10.1 Å². The van der Waals surface area contributed by atoms with Crippen molar-refractivity contribution in [3.8, 4) is 0 Å². The highest BCUT2D eigenvalue weighted by Crippen LogP contribution is 2.37. The first kappa shape index (κ1) is 11.8. The number of nitrogens with zero attached hydrogens (tertiary/aromatic N) is 3. The molecule has 0 saturated heterocycles. The molecule has 0 unspecified atom stereocenters. The Bertz CT molecular complexity index is 530. The minimum Gasteiger partial charge on any atom is -0.367 e. The molecule has 88 valence electrons. The standard InChI is InChI=1S/C9H8N4O2S2/c1-10-8-7(13(14)15)9(12-5-11-8)17-6-3-2-4-16-6/h2-5H,1H3,(H,10,11,12). The summed E-state index contributed by atoms with van der Waals surface area (Å²) < 4.78 is 0.953. The Balaban J connectivity index is 2.42. The second-order valence-corrected chi connectivity index (χ2v) is 5.15. The second kappa shape index (κ2) is 5.11. The predicted octanol–water partition coefficient (Wildman–Crippen LogP) is 2.64. The zero-order valence-electron chi connectivity index (χ0n) is 8.78. The molecule has 0 aromatic carbocycles. The molecule has 0 saturated carbocycles. The summed E-state index contributed by atoms with van der Waals surface area (Å²) in [6.07, 6.45) is 1.31. The number of hydrogen-bond acceptors (Lipinski definition) is 7. The molecule has 0 aliphatic heterocycles. The average Bonchev–Trinajstić information content (AvgIpc) is 2.81. The van der Waals surface area contributed by atoms with Gasteiger partial charge in [0.2, 0.25) is 5.82 Å². The molecular formula is C9H8N4O2S2. The van der Waals surface area contributed by atoms with Gasteiger partial charge in [0.25, 0.3) is 0 Å². The number of hydrogen-bond donors (Lipinski definition) is 1. The highest BCUT2D eigenvalue weighted by molar-refractivity contribution is 8.01. The summed E-state index contributed by atoms with van der Waals surface area (Å²) in [5.41, 5.74) is -0.0894. The van der Waals surface area contributed by atoms with Crippen LogP contribution >= 0.6 is 23.1 Å². The van der Waals surface area contributed by atoms with Crippen molar-refractivity contribution in [2.24, 2.45) is 0 Å². The Morgan fingerprint density at radius 2 is 2.35 bits per heavy atom. The van der Waals surface area contributed by atoms with Crippen LogP contribution in [0, 0.1) is 10.1 Å². The van der Waals surface area contributed by atoms with E-state index >= 15 is 0 Å². The van der Waals surface area contributed by atoms with Gasteiger partial charge in [-0.3, -0.25) is 10.1 Å². The second-order valence-electron chi connectivity index (χ2n) is 2.92. The van der Waals surface area contributed by atoms with Crippen molar-refractivity contribution >= 4 is 34.6 Å². The summed E-state index contributed by atoms with van der Waals surface area (Å²) in [6.45, 7) is 0. The molecule has 0 bridgehead atoms. The third kappa shape index (κ3) is 2.53. The molecule has 0 spiro atoms. The van der Waals surface area contributed by atoms with Crippen molar-refractivity contribution in [2.45, 2.75) is 9.24 Å². The van der Waals surface area contributed by atoms with E-state index in [0.29, 0.717) is 5.03 Å². The zero-order valence-corrected chi connectivity index (χ0v) is 10.4. The van der Waals surface area contributed by atoms with Gasteiger partial charge in [-0.2, -0.15) is 0 Å². The number of aromatic nitrogens is 2. The van der Waals surface area contributed by atoms with E-state index in [-0.39, 0.29) is 11.5 Å². The Morgan fingerprint density at radius 1 is 1.53 bits per heavy atom. The summed E-state index contributed by atoms with van der Waals surface area (Å²) in [5, 5.41) is 16.0. The summed E-state index contributed by atoms with van der Waals surface area (Å²) in [6, 6.07) is 3.78. The van der Waals surface area contributed by atoms with E-state index in [0.717, 1.165) is 4.21 Å². The van der Waals surface area contributed by atoms with Crippen molar-refractivity contribution in [2.75, 3.05) is 12.4 Å². The number of thiophene rings is 1. The van der Waals surface area contributed by atoms with Crippen LogP contribution in [0.2, 0.25) is 0 Å². The lowest BCUT2D eigenvalue weighted by atomic mass is 10.5. The van der Waals surface area contributed by atoms with Crippen LogP contribution < -0.4 is 5.32 Å². The minimum atomic E-state index is -0.470. The minimum absolute atomic E-state index is 0.0894. The molecule has 2 heterocycles. The molecule has 2 aromatic rings. The molecule has 1 N–H and O–H groups in total. The normalized spacial score (nSPS) is 10.2. The van der Waals surface area contributed by atoms with Gasteiger partial charge in [-0.1, -0.05) is 17.8 Å². The number of nitro groups is 1. The highest BCUT2D eigenvalue weighted by atomic mass is 32.2. The van der Waals surface area contributed by atoms with Crippen LogP contribution in [-0.2, 0) is 0 Å². The van der Waals surface area contributed by atoms with Gasteiger partial charge in [-0.15, -0.1) is 11.3 Å². The quantitative estimate of drug-likeness (QED) is 0.521. The maximum Gasteiger partial charge on any atom is 0.343 e. The smallest absolute Gasteiger partial charge is 0.343 e. The lowest BCUT2D eigenvalue weighted by Gasteiger charge is -2.03. The maximum absolute atomic E-state index is 11.0. The monoisotopic (exact) mass is 268 g/mol. The lowest BCUT2D eigenvalue weighted by Crippen LogP contribution is -2.02. The van der Waals surface area contributed by atoms with Crippen LogP contribution in [0.5, 0.6) is 0 Å². The van der Waals surface area contributed by atoms with Gasteiger partial charge in [0.05, 0.1) is 9.13 Å². The number of anilines is 1. The van der Waals surface area contributed by atoms with Crippen LogP contribution in [0.1, 0.15) is 0 Å². The van der Waals surface area contributed by atoms with Crippen molar-refractivity contribution in [1.29, 1.82) is 0 Å². The third-order valence-corrected chi connectivity index (χ3v) is 3.93. The van der Waals surface area contributed by atoms with Crippen LogP contribution in [0.4, 0.5) is 11.5 Å². The van der Waals surface area contributed by atoms with E-state index in [1.807, 2.05) is 17.5 Å². The van der Waals surface area contributed by atoms with Crippen molar-refractivity contribution < 1.29 is 4.92 Å². The lowest BCUT2D eigenvalue weighted by molar-refractivity contribution is -0.387. The molecule has 0 fully saturated rings. The van der Waals surface area contributed by atoms with Gasteiger partial charge >= 0.3 is 5.69 Å². The fraction of sp³-hybridized carbons (Fsp3) is 0.111. The first-order valence-electron chi connectivity index (χ1n) is 4.61. The molecule has 2 rings (SSSR count). The van der Waals surface area contributed by atoms with E-state index in [1.54, 1.807) is 7.05 Å². The molecular weight excluding hydrogens is 260 g/mol. The van der Waals surface area contributed by atoms with E-state index in [1.165, 1.54) is 29.4 Å². The average molecular weight is 268 g/mol. The SMILES string of the molecule is CNc1ncnc(Sc2cccs2)c1[N+](=O)[O-]. The van der Waals surface area contributed by atoms with E-state index in [2.05, 4.69) is 15.3 Å². The summed E-state index contributed by atoms with van der Waals surface area (Å²) in [4.78, 5) is 18.3. The Kier molecular flexibility index (Phi) is 3.55. The van der Waals surface area contributed by atoms with Crippen molar-refractivity contribution in [1.82, 2.24) is 9.97 Å². The molecule has 0 aliphatic rings. The fourth-order valence-electron chi connectivity index (χ4n) is 1.20. The first-order valence-corrected chi connectivity index (χ1v) is 6.30. The molecule has 0 atom stereocenters. The molecule has 2 aromatic heterocycles. The molecule has 0 radical (unpaired) electrons. The zero-order chi connectivity index (χ0) is 12.3. The molecule has 0 aliphatic carbocycles. The Morgan fingerprint density at radius 3 is 2.94 bits per heavy atom. The molecule has 8 heteroatoms. The summed E-state index contributed by atoms with van der Waals surface area (Å²) in [7, 11) is 1.59. The summed E-state index contributed by atoms with van der Waals surface area (Å²) >= 11 is 2.78. The van der Waals surface area contributed by atoms with Gasteiger partial charge in [0.1, 0.15) is 6.33 Å². The van der Waals surface area contributed by atoms with Gasteiger partial charge in [0, 0.05) is 7.05 Å². The maximum atomic E-state index is 11.0. The van der Waals surface area contributed by atoms with Gasteiger partial charge < -0.3 is 5.32 Å². The van der Waals surface area contributed by atoms with Crippen LogP contribution in [-0.4, -0.2) is 21.9 Å². The Labute approximate surface area is 105 Å².